The number of nitrogens with zero attached hydrogens (tertiary/aromatic N) is 1. The van der Waals surface area contributed by atoms with Gasteiger partial charge in [0.15, 0.2) is 0 Å². The Morgan fingerprint density at radius 1 is 1.07 bits per heavy atom. The van der Waals surface area contributed by atoms with E-state index in [1.165, 1.54) is 12.1 Å². The molecule has 0 radical (unpaired) electrons. The number of amides is 1. The van der Waals surface area contributed by atoms with Gasteiger partial charge in [0, 0.05) is 35.6 Å². The number of carbonyl (C=O) groups excluding carboxylic acids is 1. The van der Waals surface area contributed by atoms with Crippen molar-refractivity contribution in [1.29, 1.82) is 0 Å². The van der Waals surface area contributed by atoms with E-state index in [0.29, 0.717) is 23.5 Å². The molecule has 4 rings (SSSR count). The highest BCUT2D eigenvalue weighted by Gasteiger charge is 2.29. The van der Waals surface area contributed by atoms with Crippen molar-refractivity contribution in [2.24, 2.45) is 0 Å². The average molecular weight is 384 g/mol. The second-order valence-corrected chi connectivity index (χ2v) is 6.41. The van der Waals surface area contributed by atoms with E-state index >= 15 is 0 Å². The average Bonchev–Trinajstić information content (AvgIpc) is 2.71. The van der Waals surface area contributed by atoms with Crippen LogP contribution >= 0.6 is 0 Å². The standard InChI is InChI=1S/C21H15F3N2O2/c22-21(23,24)16-4-1-13(2-5-16)10-26-20(27)14-3-6-18-17-7-8-25-11-15(17)12-28-19(18)9-14/h1-9,11H,10,12H2,(H,26,27). The minimum atomic E-state index is -4.38. The van der Waals surface area contributed by atoms with Crippen LogP contribution in [0.3, 0.4) is 0 Å². The summed E-state index contributed by atoms with van der Waals surface area (Å²) in [5, 5.41) is 2.71. The van der Waals surface area contributed by atoms with Gasteiger partial charge in [-0.05, 0) is 47.5 Å². The number of benzene rings is 2. The van der Waals surface area contributed by atoms with E-state index in [9.17, 15) is 18.0 Å². The first-order chi connectivity index (χ1) is 13.4. The van der Waals surface area contributed by atoms with Gasteiger partial charge in [-0.1, -0.05) is 12.1 Å². The molecule has 0 bridgehead atoms. The van der Waals surface area contributed by atoms with E-state index in [2.05, 4.69) is 10.3 Å². The van der Waals surface area contributed by atoms with Crippen molar-refractivity contribution >= 4 is 5.91 Å². The number of pyridine rings is 1. The van der Waals surface area contributed by atoms with Crippen LogP contribution in [0.5, 0.6) is 5.75 Å². The number of alkyl halides is 3. The Balaban J connectivity index is 1.46. The molecule has 28 heavy (non-hydrogen) atoms. The lowest BCUT2D eigenvalue weighted by Gasteiger charge is -2.20. The summed E-state index contributed by atoms with van der Waals surface area (Å²) in [6.45, 7) is 0.510. The summed E-state index contributed by atoms with van der Waals surface area (Å²) < 4.78 is 43.5. The van der Waals surface area contributed by atoms with E-state index in [-0.39, 0.29) is 12.5 Å². The van der Waals surface area contributed by atoms with Crippen LogP contribution in [0.2, 0.25) is 0 Å². The van der Waals surface area contributed by atoms with Crippen molar-refractivity contribution in [1.82, 2.24) is 10.3 Å². The number of carbonyl (C=O) groups is 1. The summed E-state index contributed by atoms with van der Waals surface area (Å²) in [5.74, 6) is 0.285. The topological polar surface area (TPSA) is 51.2 Å². The molecular weight excluding hydrogens is 369 g/mol. The Kier molecular flexibility index (Phi) is 4.50. The van der Waals surface area contributed by atoms with E-state index in [4.69, 9.17) is 4.74 Å². The van der Waals surface area contributed by atoms with Crippen molar-refractivity contribution in [3.8, 4) is 16.9 Å². The van der Waals surface area contributed by atoms with Crippen LogP contribution in [-0.2, 0) is 19.3 Å². The van der Waals surface area contributed by atoms with Crippen molar-refractivity contribution in [3.05, 3.63) is 83.2 Å². The van der Waals surface area contributed by atoms with Gasteiger partial charge >= 0.3 is 6.18 Å². The largest absolute Gasteiger partial charge is 0.488 e. The molecule has 0 spiro atoms. The van der Waals surface area contributed by atoms with E-state index < -0.39 is 11.7 Å². The van der Waals surface area contributed by atoms with Crippen LogP contribution < -0.4 is 10.1 Å². The molecule has 0 atom stereocenters. The lowest BCUT2D eigenvalue weighted by Crippen LogP contribution is -2.23. The maximum Gasteiger partial charge on any atom is 0.416 e. The first kappa shape index (κ1) is 18.0. The molecule has 142 valence electrons. The van der Waals surface area contributed by atoms with Gasteiger partial charge in [-0.3, -0.25) is 9.78 Å². The summed E-state index contributed by atoms with van der Waals surface area (Å²) in [6.07, 6.45) is -0.916. The van der Waals surface area contributed by atoms with Crippen molar-refractivity contribution in [3.63, 3.8) is 0 Å². The molecule has 2 heterocycles. The number of fused-ring (bicyclic) bond motifs is 3. The third kappa shape index (κ3) is 3.55. The van der Waals surface area contributed by atoms with Crippen LogP contribution in [0.15, 0.2) is 60.9 Å². The molecule has 1 N–H and O–H groups in total. The highest BCUT2D eigenvalue weighted by atomic mass is 19.4. The van der Waals surface area contributed by atoms with Crippen LogP contribution in [0, 0.1) is 0 Å². The number of hydrogen-bond donors (Lipinski definition) is 1. The lowest BCUT2D eigenvalue weighted by molar-refractivity contribution is -0.137. The van der Waals surface area contributed by atoms with Crippen LogP contribution in [-0.4, -0.2) is 10.9 Å². The Labute approximate surface area is 159 Å². The highest BCUT2D eigenvalue weighted by Crippen LogP contribution is 2.37. The predicted octanol–water partition coefficient (Wildman–Crippen LogP) is 4.59. The molecule has 2 aromatic carbocycles. The summed E-state index contributed by atoms with van der Waals surface area (Å²) in [4.78, 5) is 16.5. The first-order valence-electron chi connectivity index (χ1n) is 8.56. The fourth-order valence-corrected chi connectivity index (χ4v) is 3.06. The quantitative estimate of drug-likeness (QED) is 0.719. The Hall–Kier alpha value is -3.35. The molecular formula is C21H15F3N2O2. The van der Waals surface area contributed by atoms with Crippen LogP contribution in [0.4, 0.5) is 13.2 Å². The summed E-state index contributed by atoms with van der Waals surface area (Å²) in [5.41, 5.74) is 3.18. The van der Waals surface area contributed by atoms with Gasteiger partial charge < -0.3 is 10.1 Å². The van der Waals surface area contributed by atoms with E-state index in [1.54, 1.807) is 24.5 Å². The van der Waals surface area contributed by atoms with Gasteiger partial charge in [0.2, 0.25) is 0 Å². The summed E-state index contributed by atoms with van der Waals surface area (Å²) in [7, 11) is 0. The summed E-state index contributed by atoms with van der Waals surface area (Å²) >= 11 is 0. The molecule has 1 aromatic heterocycles. The molecule has 0 saturated carbocycles. The molecule has 4 nitrogen and oxygen atoms in total. The molecule has 1 aliphatic heterocycles. The second-order valence-electron chi connectivity index (χ2n) is 6.41. The molecule has 3 aromatic rings. The van der Waals surface area contributed by atoms with Gasteiger partial charge in [0.05, 0.1) is 5.56 Å². The van der Waals surface area contributed by atoms with Crippen LogP contribution in [0.25, 0.3) is 11.1 Å². The minimum Gasteiger partial charge on any atom is -0.488 e. The highest BCUT2D eigenvalue weighted by molar-refractivity contribution is 5.95. The van der Waals surface area contributed by atoms with Gasteiger partial charge in [0.25, 0.3) is 5.91 Å². The maximum absolute atomic E-state index is 12.6. The molecule has 1 aliphatic rings. The molecule has 0 unspecified atom stereocenters. The number of rotatable bonds is 3. The van der Waals surface area contributed by atoms with Gasteiger partial charge in [-0.15, -0.1) is 0 Å². The number of halogens is 3. The fourth-order valence-electron chi connectivity index (χ4n) is 3.06. The Morgan fingerprint density at radius 2 is 1.86 bits per heavy atom. The maximum atomic E-state index is 12.6. The zero-order valence-corrected chi connectivity index (χ0v) is 14.6. The number of nitrogens with one attached hydrogen (secondary N) is 1. The predicted molar refractivity (Wildman–Crippen MR) is 96.6 cm³/mol. The Morgan fingerprint density at radius 3 is 2.61 bits per heavy atom. The summed E-state index contributed by atoms with van der Waals surface area (Å²) in [6, 6.07) is 11.8. The minimum absolute atomic E-state index is 0.128. The molecule has 0 aliphatic carbocycles. The SMILES string of the molecule is O=C(NCc1ccc(C(F)(F)F)cc1)c1ccc2c(c1)OCc1cnccc1-2. The fraction of sp³-hybridized carbons (Fsp3) is 0.143. The molecule has 0 fully saturated rings. The van der Waals surface area contributed by atoms with Crippen LogP contribution in [0.1, 0.15) is 27.0 Å². The number of hydrogen-bond acceptors (Lipinski definition) is 3. The zero-order chi connectivity index (χ0) is 19.7. The molecule has 1 amide bonds. The van der Waals surface area contributed by atoms with Crippen molar-refractivity contribution in [2.45, 2.75) is 19.3 Å². The third-order valence-corrected chi connectivity index (χ3v) is 4.56. The smallest absolute Gasteiger partial charge is 0.416 e. The van der Waals surface area contributed by atoms with Gasteiger partial charge in [0.1, 0.15) is 12.4 Å². The van der Waals surface area contributed by atoms with Crippen molar-refractivity contribution in [2.75, 3.05) is 0 Å². The lowest BCUT2D eigenvalue weighted by atomic mass is 9.97. The van der Waals surface area contributed by atoms with E-state index in [1.807, 2.05) is 12.1 Å². The normalized spacial score (nSPS) is 12.5. The Bertz CT molecular complexity index is 1030. The number of ether oxygens (including phenoxy) is 1. The second kappa shape index (κ2) is 6.99. The van der Waals surface area contributed by atoms with Gasteiger partial charge in [-0.2, -0.15) is 13.2 Å². The van der Waals surface area contributed by atoms with Gasteiger partial charge in [-0.25, -0.2) is 0 Å². The van der Waals surface area contributed by atoms with E-state index in [0.717, 1.165) is 28.8 Å². The molecule has 0 saturated heterocycles. The third-order valence-electron chi connectivity index (χ3n) is 4.56. The first-order valence-corrected chi connectivity index (χ1v) is 8.56. The zero-order valence-electron chi connectivity index (χ0n) is 14.6. The number of aromatic nitrogens is 1. The van der Waals surface area contributed by atoms with Crippen molar-refractivity contribution < 1.29 is 22.7 Å². The monoisotopic (exact) mass is 384 g/mol. The molecule has 7 heteroatoms.